The summed E-state index contributed by atoms with van der Waals surface area (Å²) in [5, 5.41) is 4.33. The van der Waals surface area contributed by atoms with E-state index in [4.69, 9.17) is 4.74 Å². The van der Waals surface area contributed by atoms with Crippen LogP contribution in [0.15, 0.2) is 36.7 Å². The molecule has 2 N–H and O–H groups in total. The number of amides is 1. The van der Waals surface area contributed by atoms with Gasteiger partial charge in [0, 0.05) is 37.0 Å². The number of nitrogens with zero attached hydrogens (tertiary/aromatic N) is 3. The molecular formula is C19H27N5O2. The van der Waals surface area contributed by atoms with Gasteiger partial charge in [0.1, 0.15) is 11.8 Å². The molecule has 2 atom stereocenters. The van der Waals surface area contributed by atoms with Gasteiger partial charge in [-0.1, -0.05) is 18.2 Å². The topological polar surface area (TPSA) is 71.4 Å². The molecule has 0 bridgehead atoms. The highest BCUT2D eigenvalue weighted by Gasteiger charge is 2.33. The molecule has 3 rings (SSSR count). The average molecular weight is 357 g/mol. The van der Waals surface area contributed by atoms with Crippen molar-refractivity contribution >= 4 is 5.91 Å². The van der Waals surface area contributed by atoms with Gasteiger partial charge in [-0.15, -0.1) is 0 Å². The highest BCUT2D eigenvalue weighted by atomic mass is 16.5. The fourth-order valence-electron chi connectivity index (χ4n) is 3.24. The summed E-state index contributed by atoms with van der Waals surface area (Å²) in [4.78, 5) is 14.5. The minimum atomic E-state index is -0.268. The van der Waals surface area contributed by atoms with E-state index in [9.17, 15) is 4.79 Å². The van der Waals surface area contributed by atoms with Gasteiger partial charge in [-0.25, -0.2) is 10.9 Å². The Labute approximate surface area is 154 Å². The van der Waals surface area contributed by atoms with Gasteiger partial charge in [0.25, 0.3) is 0 Å². The molecule has 7 heteroatoms. The zero-order valence-corrected chi connectivity index (χ0v) is 15.8. The van der Waals surface area contributed by atoms with Crippen molar-refractivity contribution in [3.8, 4) is 5.75 Å². The van der Waals surface area contributed by atoms with E-state index in [1.165, 1.54) is 0 Å². The lowest BCUT2D eigenvalue weighted by molar-refractivity contribution is -0.132. The van der Waals surface area contributed by atoms with E-state index in [1.807, 2.05) is 48.4 Å². The van der Waals surface area contributed by atoms with Crippen LogP contribution in [0.5, 0.6) is 5.75 Å². The van der Waals surface area contributed by atoms with Crippen LogP contribution in [-0.2, 0) is 11.3 Å². The van der Waals surface area contributed by atoms with Crippen LogP contribution in [0.2, 0.25) is 0 Å². The predicted molar refractivity (Wildman–Crippen MR) is 99.5 cm³/mol. The van der Waals surface area contributed by atoms with Crippen LogP contribution >= 0.6 is 0 Å². The molecule has 2 unspecified atom stereocenters. The van der Waals surface area contributed by atoms with Crippen molar-refractivity contribution in [2.75, 3.05) is 14.2 Å². The summed E-state index contributed by atoms with van der Waals surface area (Å²) in [5.74, 6) is 0.890. The highest BCUT2D eigenvalue weighted by Crippen LogP contribution is 2.30. The Morgan fingerprint density at radius 1 is 1.38 bits per heavy atom. The van der Waals surface area contributed by atoms with Crippen molar-refractivity contribution in [1.82, 2.24) is 25.5 Å². The monoisotopic (exact) mass is 357 g/mol. The van der Waals surface area contributed by atoms with Crippen molar-refractivity contribution in [3.63, 3.8) is 0 Å². The van der Waals surface area contributed by atoms with E-state index in [0.29, 0.717) is 19.0 Å². The Bertz CT molecular complexity index is 758. The SMILES string of the molecule is COc1ccccc1C1CC(C(=O)N(C)Cc2cnn(C(C)C)c2)NN1. The molecule has 1 aromatic heterocycles. The number of rotatable bonds is 6. The smallest absolute Gasteiger partial charge is 0.241 e. The van der Waals surface area contributed by atoms with Crippen molar-refractivity contribution in [3.05, 3.63) is 47.8 Å². The van der Waals surface area contributed by atoms with Gasteiger partial charge in [-0.3, -0.25) is 9.48 Å². The van der Waals surface area contributed by atoms with E-state index in [1.54, 1.807) is 12.0 Å². The molecule has 0 spiro atoms. The molecule has 7 nitrogen and oxygen atoms in total. The quantitative estimate of drug-likeness (QED) is 0.828. The number of benzene rings is 1. The lowest BCUT2D eigenvalue weighted by Crippen LogP contribution is -2.43. The van der Waals surface area contributed by atoms with Gasteiger partial charge in [-0.2, -0.15) is 5.10 Å². The summed E-state index contributed by atoms with van der Waals surface area (Å²) >= 11 is 0. The third-order valence-corrected chi connectivity index (χ3v) is 4.70. The third-order valence-electron chi connectivity index (χ3n) is 4.70. The molecule has 1 saturated heterocycles. The summed E-state index contributed by atoms with van der Waals surface area (Å²) in [6, 6.07) is 7.96. The second-order valence-electron chi connectivity index (χ2n) is 6.99. The molecule has 1 aliphatic rings. The Kier molecular flexibility index (Phi) is 5.58. The van der Waals surface area contributed by atoms with Crippen LogP contribution in [0.25, 0.3) is 0 Å². The van der Waals surface area contributed by atoms with Gasteiger partial charge in [-0.05, 0) is 26.3 Å². The van der Waals surface area contributed by atoms with Crippen molar-refractivity contribution in [2.24, 2.45) is 0 Å². The van der Waals surface area contributed by atoms with Crippen LogP contribution in [0.4, 0.5) is 0 Å². The average Bonchev–Trinajstić information content (AvgIpc) is 3.30. The summed E-state index contributed by atoms with van der Waals surface area (Å²) in [7, 11) is 3.49. The standard InChI is InChI=1S/C19H27N5O2/c1-13(2)24-12-14(10-20-24)11-23(3)19(25)17-9-16(21-22-17)15-7-5-6-8-18(15)26-4/h5-8,10,12-13,16-17,21-22H,9,11H2,1-4H3. The molecule has 140 valence electrons. The van der Waals surface area contributed by atoms with E-state index >= 15 is 0 Å². The normalized spacial score (nSPS) is 19.7. The number of hydrogen-bond acceptors (Lipinski definition) is 5. The zero-order chi connectivity index (χ0) is 18.7. The zero-order valence-electron chi connectivity index (χ0n) is 15.8. The molecule has 0 saturated carbocycles. The minimum absolute atomic E-state index is 0.0391. The van der Waals surface area contributed by atoms with Crippen LogP contribution < -0.4 is 15.6 Å². The van der Waals surface area contributed by atoms with Gasteiger partial charge >= 0.3 is 0 Å². The first-order valence-electron chi connectivity index (χ1n) is 8.91. The molecule has 1 aromatic carbocycles. The molecule has 1 fully saturated rings. The van der Waals surface area contributed by atoms with Gasteiger partial charge in [0.05, 0.1) is 19.3 Å². The Balaban J connectivity index is 1.61. The fraction of sp³-hybridized carbons (Fsp3) is 0.474. The number of carbonyl (C=O) groups is 1. The molecule has 1 amide bonds. The second-order valence-corrected chi connectivity index (χ2v) is 6.99. The Morgan fingerprint density at radius 3 is 2.85 bits per heavy atom. The molecule has 0 aliphatic carbocycles. The van der Waals surface area contributed by atoms with Crippen LogP contribution in [0.1, 0.15) is 43.5 Å². The summed E-state index contributed by atoms with van der Waals surface area (Å²) in [6.07, 6.45) is 4.49. The van der Waals surface area contributed by atoms with Crippen molar-refractivity contribution in [2.45, 2.75) is 44.9 Å². The van der Waals surface area contributed by atoms with E-state index in [-0.39, 0.29) is 18.0 Å². The molecule has 2 aromatic rings. The number of ether oxygens (including phenoxy) is 1. The third kappa shape index (κ3) is 3.89. The summed E-state index contributed by atoms with van der Waals surface area (Å²) in [6.45, 7) is 4.71. The molecule has 26 heavy (non-hydrogen) atoms. The highest BCUT2D eigenvalue weighted by molar-refractivity contribution is 5.82. The molecule has 1 aliphatic heterocycles. The Morgan fingerprint density at radius 2 is 2.15 bits per heavy atom. The lowest BCUT2D eigenvalue weighted by atomic mass is 10.0. The Hall–Kier alpha value is -2.38. The van der Waals surface area contributed by atoms with E-state index < -0.39 is 0 Å². The van der Waals surface area contributed by atoms with Crippen LogP contribution in [0, 0.1) is 0 Å². The minimum Gasteiger partial charge on any atom is -0.496 e. The maximum atomic E-state index is 12.8. The number of hydrogen-bond donors (Lipinski definition) is 2. The van der Waals surface area contributed by atoms with E-state index in [0.717, 1.165) is 16.9 Å². The number of carbonyl (C=O) groups excluding carboxylic acids is 1. The van der Waals surface area contributed by atoms with Crippen LogP contribution in [-0.4, -0.2) is 40.8 Å². The predicted octanol–water partition coefficient (Wildman–Crippen LogP) is 2.04. The van der Waals surface area contributed by atoms with E-state index in [2.05, 4.69) is 29.8 Å². The molecule has 2 heterocycles. The largest absolute Gasteiger partial charge is 0.496 e. The maximum absolute atomic E-state index is 12.8. The first-order valence-corrected chi connectivity index (χ1v) is 8.91. The lowest BCUT2D eigenvalue weighted by Gasteiger charge is -2.20. The maximum Gasteiger partial charge on any atom is 0.241 e. The van der Waals surface area contributed by atoms with Gasteiger partial charge in [0.2, 0.25) is 5.91 Å². The first-order chi connectivity index (χ1) is 12.5. The van der Waals surface area contributed by atoms with Gasteiger partial charge < -0.3 is 9.64 Å². The number of aromatic nitrogens is 2. The molecular weight excluding hydrogens is 330 g/mol. The number of para-hydroxylation sites is 1. The van der Waals surface area contributed by atoms with Crippen molar-refractivity contribution < 1.29 is 9.53 Å². The van der Waals surface area contributed by atoms with Gasteiger partial charge in [0.15, 0.2) is 0 Å². The first kappa shape index (κ1) is 18.4. The molecule has 0 radical (unpaired) electrons. The number of likely N-dealkylation sites (N-methyl/N-ethyl adjacent to an activating group) is 1. The number of hydrazine groups is 1. The van der Waals surface area contributed by atoms with Crippen molar-refractivity contribution in [1.29, 1.82) is 0 Å². The number of methoxy groups -OCH3 is 1. The number of nitrogens with one attached hydrogen (secondary N) is 2. The second kappa shape index (κ2) is 7.88. The summed E-state index contributed by atoms with van der Waals surface area (Å²) < 4.78 is 7.33. The van der Waals surface area contributed by atoms with Crippen LogP contribution in [0.3, 0.4) is 0 Å². The fourth-order valence-corrected chi connectivity index (χ4v) is 3.24. The summed E-state index contributed by atoms with van der Waals surface area (Å²) in [5.41, 5.74) is 8.43.